The molecule has 0 spiro atoms. The minimum atomic E-state index is -0.0501. The van der Waals surface area contributed by atoms with Crippen molar-refractivity contribution in [3.8, 4) is 11.4 Å². The zero-order valence-electron chi connectivity index (χ0n) is 18.3. The molecule has 5 rings (SSSR count). The van der Waals surface area contributed by atoms with Gasteiger partial charge < -0.3 is 21.8 Å². The number of nitrogen functional groups attached to an aromatic ring is 1. The van der Waals surface area contributed by atoms with Crippen molar-refractivity contribution in [3.05, 3.63) is 53.1 Å². The number of benzene rings is 2. The highest BCUT2D eigenvalue weighted by molar-refractivity contribution is 5.95. The second-order valence-corrected chi connectivity index (χ2v) is 9.05. The van der Waals surface area contributed by atoms with E-state index < -0.39 is 0 Å². The Kier molecular flexibility index (Phi) is 4.73. The number of nitrogens with zero attached hydrogens (tertiary/aromatic N) is 3. The lowest BCUT2D eigenvalue weighted by molar-refractivity contribution is 0.0935. The normalized spacial score (nSPS) is 16.4. The van der Waals surface area contributed by atoms with Gasteiger partial charge in [0.15, 0.2) is 5.82 Å². The number of hydrogen-bond acceptors (Lipinski definition) is 6. The number of aromatic nitrogens is 3. The van der Waals surface area contributed by atoms with Gasteiger partial charge in [-0.25, -0.2) is 4.68 Å². The quantitative estimate of drug-likeness (QED) is 0.334. The molecule has 2 saturated carbocycles. The molecule has 2 fully saturated rings. The van der Waals surface area contributed by atoms with Crippen LogP contribution >= 0.6 is 0 Å². The molecule has 164 valence electrons. The standard InChI is InChI=1S/C24H27N7O/c1-24(11-12-24)29-22(32)16-7-5-15(6-8-16)21-28-23(31(2)30-21)27-19-10-9-18(26)17(13-25)20(19)14-3-4-14/h5-10,13-14,25H,3-4,11-12,26H2,1-2H3,(H,29,32)(H,27,28,30). The number of nitrogens with one attached hydrogen (secondary N) is 3. The van der Waals surface area contributed by atoms with E-state index in [1.54, 1.807) is 16.8 Å². The molecule has 1 amide bonds. The number of carbonyl (C=O) groups excluding carboxylic acids is 1. The third kappa shape index (κ3) is 3.84. The number of rotatable bonds is 7. The van der Waals surface area contributed by atoms with Gasteiger partial charge >= 0.3 is 0 Å². The fraction of sp³-hybridized carbons (Fsp3) is 0.333. The number of aryl methyl sites for hydroxylation is 1. The van der Waals surface area contributed by atoms with Crippen molar-refractivity contribution in [1.82, 2.24) is 20.1 Å². The smallest absolute Gasteiger partial charge is 0.251 e. The highest BCUT2D eigenvalue weighted by atomic mass is 16.1. The summed E-state index contributed by atoms with van der Waals surface area (Å²) in [6.45, 7) is 2.06. The molecular formula is C24H27N7O. The van der Waals surface area contributed by atoms with Crippen LogP contribution in [0.3, 0.4) is 0 Å². The van der Waals surface area contributed by atoms with E-state index in [0.29, 0.717) is 28.9 Å². The maximum absolute atomic E-state index is 12.4. The Morgan fingerprint density at radius 3 is 2.56 bits per heavy atom. The van der Waals surface area contributed by atoms with Crippen LogP contribution in [0, 0.1) is 5.41 Å². The predicted octanol–water partition coefficient (Wildman–Crippen LogP) is 3.97. The summed E-state index contributed by atoms with van der Waals surface area (Å²) in [7, 11) is 1.84. The fourth-order valence-corrected chi connectivity index (χ4v) is 3.90. The second kappa shape index (κ2) is 7.47. The van der Waals surface area contributed by atoms with Crippen molar-refractivity contribution in [2.75, 3.05) is 11.1 Å². The van der Waals surface area contributed by atoms with E-state index in [0.717, 1.165) is 48.1 Å². The molecule has 1 aromatic heterocycles. The van der Waals surface area contributed by atoms with Crippen LogP contribution in [0.4, 0.5) is 17.3 Å². The third-order valence-electron chi connectivity index (χ3n) is 6.28. The number of carbonyl (C=O) groups is 1. The zero-order chi connectivity index (χ0) is 22.5. The predicted molar refractivity (Wildman–Crippen MR) is 126 cm³/mol. The summed E-state index contributed by atoms with van der Waals surface area (Å²) in [5.74, 6) is 1.55. The average molecular weight is 430 g/mol. The number of amides is 1. The lowest BCUT2D eigenvalue weighted by Gasteiger charge is -2.15. The van der Waals surface area contributed by atoms with E-state index in [9.17, 15) is 4.79 Å². The molecule has 8 heteroatoms. The minimum absolute atomic E-state index is 0.0438. The van der Waals surface area contributed by atoms with E-state index in [2.05, 4.69) is 27.6 Å². The first-order chi connectivity index (χ1) is 15.4. The summed E-state index contributed by atoms with van der Waals surface area (Å²) in [5.41, 5.74) is 10.9. The molecule has 32 heavy (non-hydrogen) atoms. The Morgan fingerprint density at radius 1 is 1.22 bits per heavy atom. The van der Waals surface area contributed by atoms with Gasteiger partial charge in [0.25, 0.3) is 5.91 Å². The van der Waals surface area contributed by atoms with Crippen LogP contribution < -0.4 is 16.4 Å². The first-order valence-electron chi connectivity index (χ1n) is 10.9. The SMILES string of the molecule is Cn1nc(-c2ccc(C(=O)NC3(C)CC3)cc2)nc1Nc1ccc(N)c(C=N)c1C1CC1. The first-order valence-corrected chi connectivity index (χ1v) is 10.9. The van der Waals surface area contributed by atoms with Crippen molar-refractivity contribution in [3.63, 3.8) is 0 Å². The fourth-order valence-electron chi connectivity index (χ4n) is 3.90. The van der Waals surface area contributed by atoms with Gasteiger partial charge in [0, 0.05) is 46.9 Å². The summed E-state index contributed by atoms with van der Waals surface area (Å²) >= 11 is 0. The molecule has 8 nitrogen and oxygen atoms in total. The van der Waals surface area contributed by atoms with E-state index in [4.69, 9.17) is 11.1 Å². The van der Waals surface area contributed by atoms with E-state index in [-0.39, 0.29) is 11.4 Å². The third-order valence-corrected chi connectivity index (χ3v) is 6.28. The Morgan fingerprint density at radius 2 is 1.94 bits per heavy atom. The Balaban J connectivity index is 1.38. The first kappa shape index (κ1) is 20.2. The van der Waals surface area contributed by atoms with E-state index in [1.165, 1.54) is 6.21 Å². The molecular weight excluding hydrogens is 402 g/mol. The highest BCUT2D eigenvalue weighted by Crippen LogP contribution is 2.46. The molecule has 0 radical (unpaired) electrons. The van der Waals surface area contributed by atoms with Crippen molar-refractivity contribution in [2.24, 2.45) is 7.05 Å². The Bertz CT molecular complexity index is 1200. The van der Waals surface area contributed by atoms with Crippen molar-refractivity contribution in [1.29, 1.82) is 5.41 Å². The molecule has 3 aromatic rings. The monoisotopic (exact) mass is 429 g/mol. The topological polar surface area (TPSA) is 122 Å². The largest absolute Gasteiger partial charge is 0.398 e. The van der Waals surface area contributed by atoms with Crippen molar-refractivity contribution < 1.29 is 4.79 Å². The summed E-state index contributed by atoms with van der Waals surface area (Å²) in [4.78, 5) is 17.1. The lowest BCUT2D eigenvalue weighted by atomic mass is 10.00. The van der Waals surface area contributed by atoms with Crippen LogP contribution in [0.25, 0.3) is 11.4 Å². The van der Waals surface area contributed by atoms with Crippen LogP contribution in [-0.2, 0) is 7.05 Å². The van der Waals surface area contributed by atoms with Crippen molar-refractivity contribution >= 4 is 29.4 Å². The van der Waals surface area contributed by atoms with E-state index >= 15 is 0 Å². The van der Waals surface area contributed by atoms with Gasteiger partial charge in [-0.15, -0.1) is 5.10 Å². The number of hydrogen-bond donors (Lipinski definition) is 4. The van der Waals surface area contributed by atoms with Crippen molar-refractivity contribution in [2.45, 2.75) is 44.1 Å². The van der Waals surface area contributed by atoms with Gasteiger partial charge in [0.2, 0.25) is 5.95 Å². The highest BCUT2D eigenvalue weighted by Gasteiger charge is 2.38. The van der Waals surface area contributed by atoms with Crippen LogP contribution in [0.5, 0.6) is 0 Å². The molecule has 5 N–H and O–H groups in total. The van der Waals surface area contributed by atoms with Gasteiger partial charge in [-0.2, -0.15) is 4.98 Å². The molecule has 0 atom stereocenters. The van der Waals surface area contributed by atoms with Gasteiger partial charge in [-0.1, -0.05) is 12.1 Å². The molecule has 2 aromatic carbocycles. The van der Waals surface area contributed by atoms with E-state index in [1.807, 2.05) is 31.3 Å². The van der Waals surface area contributed by atoms with Gasteiger partial charge in [-0.05, 0) is 68.4 Å². The summed E-state index contributed by atoms with van der Waals surface area (Å²) in [6, 6.07) is 11.1. The second-order valence-electron chi connectivity index (χ2n) is 9.05. The maximum atomic E-state index is 12.4. The van der Waals surface area contributed by atoms with Gasteiger partial charge in [0.1, 0.15) is 0 Å². The molecule has 0 aliphatic heterocycles. The zero-order valence-corrected chi connectivity index (χ0v) is 18.3. The molecule has 0 unspecified atom stereocenters. The van der Waals surface area contributed by atoms with Crippen LogP contribution in [0.15, 0.2) is 36.4 Å². The van der Waals surface area contributed by atoms with Gasteiger partial charge in [-0.3, -0.25) is 4.79 Å². The summed E-state index contributed by atoms with van der Waals surface area (Å²) < 4.78 is 1.70. The molecule has 1 heterocycles. The number of nitrogens with two attached hydrogens (primary N) is 1. The van der Waals surface area contributed by atoms with Crippen LogP contribution in [0.1, 0.15) is 60.0 Å². The Hall–Kier alpha value is -3.68. The van der Waals surface area contributed by atoms with Crippen LogP contribution in [-0.4, -0.2) is 32.4 Å². The summed E-state index contributed by atoms with van der Waals surface area (Å²) in [6.07, 6.45) is 5.59. The lowest BCUT2D eigenvalue weighted by Crippen LogP contribution is -2.34. The average Bonchev–Trinajstić information content (AvgIpc) is 3.70. The maximum Gasteiger partial charge on any atom is 0.251 e. The minimum Gasteiger partial charge on any atom is -0.398 e. The molecule has 0 bridgehead atoms. The summed E-state index contributed by atoms with van der Waals surface area (Å²) in [5, 5.41) is 18.8. The molecule has 2 aliphatic carbocycles. The molecule has 0 saturated heterocycles. The number of anilines is 3. The Labute approximate surface area is 186 Å². The molecule has 2 aliphatic rings. The van der Waals surface area contributed by atoms with Gasteiger partial charge in [0.05, 0.1) is 0 Å². The van der Waals surface area contributed by atoms with Crippen LogP contribution in [0.2, 0.25) is 0 Å².